The topological polar surface area (TPSA) is 77.8 Å². The zero-order valence-corrected chi connectivity index (χ0v) is 3.09. The Bertz CT molecular complexity index is 53.7. The zero-order valence-electron chi connectivity index (χ0n) is 2.20. The van der Waals surface area contributed by atoms with Crippen LogP contribution in [0.3, 0.4) is 0 Å². The molecular formula is H5KO4P. The van der Waals surface area contributed by atoms with Gasteiger partial charge in [0.15, 0.2) is 0 Å². The van der Waals surface area contributed by atoms with Gasteiger partial charge >= 0.3 is 59.2 Å². The maximum atomic E-state index is 8.88. The van der Waals surface area contributed by atoms with Crippen LogP contribution in [-0.2, 0) is 4.57 Å². The molecule has 0 saturated heterocycles. The van der Waals surface area contributed by atoms with Crippen molar-refractivity contribution >= 4 is 59.2 Å². The van der Waals surface area contributed by atoms with Gasteiger partial charge in [-0.05, 0) is 0 Å². The summed E-state index contributed by atoms with van der Waals surface area (Å²) in [6, 6.07) is 0. The number of rotatable bonds is 0. The molecule has 0 bridgehead atoms. The van der Waals surface area contributed by atoms with Crippen molar-refractivity contribution in [2.24, 2.45) is 0 Å². The summed E-state index contributed by atoms with van der Waals surface area (Å²) in [6.45, 7) is 0. The van der Waals surface area contributed by atoms with Crippen LogP contribution in [0.4, 0.5) is 0 Å². The van der Waals surface area contributed by atoms with E-state index in [0.717, 1.165) is 0 Å². The monoisotopic (exact) mass is 139 g/mol. The first-order valence-electron chi connectivity index (χ1n) is 0.783. The normalized spacial score (nSPS) is 9.83. The van der Waals surface area contributed by atoms with Crippen molar-refractivity contribution in [1.29, 1.82) is 0 Å². The summed E-state index contributed by atoms with van der Waals surface area (Å²) >= 11 is 0. The van der Waals surface area contributed by atoms with Gasteiger partial charge in [0.2, 0.25) is 0 Å². The van der Waals surface area contributed by atoms with E-state index < -0.39 is 7.82 Å². The van der Waals surface area contributed by atoms with E-state index in [1.165, 1.54) is 0 Å². The van der Waals surface area contributed by atoms with E-state index in [-0.39, 0.29) is 51.4 Å². The standard InChI is InChI=1S/K.H3O4P.2H/c;1-5(2,3)4;;/h;(H3,1,2,3,4);;. The van der Waals surface area contributed by atoms with Gasteiger partial charge in [-0.25, -0.2) is 4.57 Å². The molecule has 0 fully saturated rings. The molecule has 0 rings (SSSR count). The van der Waals surface area contributed by atoms with E-state index in [9.17, 15) is 0 Å². The zero-order chi connectivity index (χ0) is 4.50. The van der Waals surface area contributed by atoms with Crippen molar-refractivity contribution in [1.82, 2.24) is 0 Å². The van der Waals surface area contributed by atoms with Gasteiger partial charge in [-0.3, -0.25) is 0 Å². The second kappa shape index (κ2) is 3.71. The molecule has 0 unspecified atom stereocenters. The molecule has 0 aliphatic heterocycles. The summed E-state index contributed by atoms with van der Waals surface area (Å²) in [4.78, 5) is 21.6. The number of hydrogen-bond acceptors (Lipinski definition) is 1. The summed E-state index contributed by atoms with van der Waals surface area (Å²) in [7, 11) is -4.64. The summed E-state index contributed by atoms with van der Waals surface area (Å²) in [5, 5.41) is 0. The van der Waals surface area contributed by atoms with Gasteiger partial charge in [-0.2, -0.15) is 0 Å². The van der Waals surface area contributed by atoms with E-state index in [1.54, 1.807) is 0 Å². The fourth-order valence-electron chi connectivity index (χ4n) is 0. The summed E-state index contributed by atoms with van der Waals surface area (Å²) in [5.74, 6) is 0. The fraction of sp³-hybridized carbons (Fsp3) is 0. The quantitative estimate of drug-likeness (QED) is 0.272. The predicted molar refractivity (Wildman–Crippen MR) is 22.8 cm³/mol. The van der Waals surface area contributed by atoms with Crippen molar-refractivity contribution in [2.75, 3.05) is 0 Å². The van der Waals surface area contributed by atoms with Gasteiger partial charge in [0.05, 0.1) is 0 Å². The van der Waals surface area contributed by atoms with E-state index in [4.69, 9.17) is 19.2 Å². The molecule has 6 heavy (non-hydrogen) atoms. The van der Waals surface area contributed by atoms with Crippen molar-refractivity contribution in [3.63, 3.8) is 0 Å². The Hall–Kier alpha value is 1.75. The van der Waals surface area contributed by atoms with Crippen molar-refractivity contribution in [3.8, 4) is 0 Å². The van der Waals surface area contributed by atoms with Gasteiger partial charge in [0.1, 0.15) is 0 Å². The summed E-state index contributed by atoms with van der Waals surface area (Å²) in [5.41, 5.74) is 0. The van der Waals surface area contributed by atoms with Crippen LogP contribution in [0.25, 0.3) is 0 Å². The molecule has 0 spiro atoms. The third-order valence-corrected chi connectivity index (χ3v) is 0. The van der Waals surface area contributed by atoms with Crippen molar-refractivity contribution < 1.29 is 19.2 Å². The Morgan fingerprint density at radius 3 is 1.17 bits per heavy atom. The van der Waals surface area contributed by atoms with Gasteiger partial charge < -0.3 is 14.7 Å². The molecule has 0 heterocycles. The average molecular weight is 139 g/mol. The molecule has 0 aliphatic carbocycles. The van der Waals surface area contributed by atoms with Crippen LogP contribution in [0.1, 0.15) is 0 Å². The maximum absolute atomic E-state index is 8.88. The Labute approximate surface area is 77.2 Å². The van der Waals surface area contributed by atoms with Crippen LogP contribution in [0, 0.1) is 0 Å². The third-order valence-electron chi connectivity index (χ3n) is 0. The molecule has 0 amide bonds. The average Bonchev–Trinajstić information content (AvgIpc) is 0.722. The van der Waals surface area contributed by atoms with Gasteiger partial charge in [0.25, 0.3) is 0 Å². The first kappa shape index (κ1) is 10.7. The van der Waals surface area contributed by atoms with Gasteiger partial charge in [0, 0.05) is 0 Å². The first-order chi connectivity index (χ1) is 2.00. The van der Waals surface area contributed by atoms with E-state index in [1.807, 2.05) is 0 Å². The second-order valence-electron chi connectivity index (χ2n) is 0.513. The first-order valence-corrected chi connectivity index (χ1v) is 2.35. The number of phosphoric acid groups is 1. The molecule has 0 aromatic heterocycles. The Kier molecular flexibility index (Phi) is 6.61. The van der Waals surface area contributed by atoms with Gasteiger partial charge in [-0.1, -0.05) is 0 Å². The van der Waals surface area contributed by atoms with E-state index in [0.29, 0.717) is 0 Å². The Morgan fingerprint density at radius 1 is 1.17 bits per heavy atom. The van der Waals surface area contributed by atoms with E-state index in [2.05, 4.69) is 0 Å². The SMILES string of the molecule is O=P(O)(O)O.[KH2]. The molecule has 5 radical (unpaired) electrons. The predicted octanol–water partition coefficient (Wildman–Crippen LogP) is -1.84. The van der Waals surface area contributed by atoms with Crippen molar-refractivity contribution in [3.05, 3.63) is 0 Å². The van der Waals surface area contributed by atoms with Crippen LogP contribution in [0.2, 0.25) is 0 Å². The van der Waals surface area contributed by atoms with Gasteiger partial charge in [-0.15, -0.1) is 0 Å². The van der Waals surface area contributed by atoms with Crippen LogP contribution < -0.4 is 0 Å². The molecule has 0 aromatic carbocycles. The van der Waals surface area contributed by atoms with E-state index >= 15 is 0 Å². The molecule has 0 aliphatic rings. The summed E-state index contributed by atoms with van der Waals surface area (Å²) < 4.78 is 8.88. The molecule has 6 heteroatoms. The fourth-order valence-corrected chi connectivity index (χ4v) is 0. The molecule has 0 aromatic rings. The molecule has 3 N–H and O–H groups in total. The van der Waals surface area contributed by atoms with Crippen molar-refractivity contribution in [2.45, 2.75) is 0 Å². The van der Waals surface area contributed by atoms with Crippen LogP contribution in [0.15, 0.2) is 0 Å². The Balaban J connectivity index is 0. The molecule has 35 valence electrons. The minimum atomic E-state index is -4.64. The Morgan fingerprint density at radius 2 is 1.17 bits per heavy atom. The molecular weight excluding hydrogens is 134 g/mol. The molecule has 4 nitrogen and oxygen atoms in total. The van der Waals surface area contributed by atoms with Crippen LogP contribution in [-0.4, -0.2) is 66.1 Å². The number of hydrogen-bond donors (Lipinski definition) is 3. The van der Waals surface area contributed by atoms with Crippen LogP contribution >= 0.6 is 7.82 Å². The molecule has 0 saturated carbocycles. The summed E-state index contributed by atoms with van der Waals surface area (Å²) in [6.07, 6.45) is 0. The second-order valence-corrected chi connectivity index (χ2v) is 1.54. The third kappa shape index (κ3) is 42.4. The van der Waals surface area contributed by atoms with Crippen LogP contribution in [0.5, 0.6) is 0 Å². The molecule has 0 atom stereocenters. The minimum absolute atomic E-state index is 0.